The van der Waals surface area contributed by atoms with E-state index >= 15 is 0 Å². The summed E-state index contributed by atoms with van der Waals surface area (Å²) in [7, 11) is 0. The quantitative estimate of drug-likeness (QED) is 0.606. The van der Waals surface area contributed by atoms with Crippen molar-refractivity contribution in [1.82, 2.24) is 0 Å². The van der Waals surface area contributed by atoms with Gasteiger partial charge in [0.2, 0.25) is 0 Å². The minimum atomic E-state index is -8.34. The molecule has 0 saturated heterocycles. The second kappa shape index (κ2) is 5.57. The van der Waals surface area contributed by atoms with Crippen LogP contribution in [0.3, 0.4) is 0 Å². The first kappa shape index (κ1) is 22.1. The molecule has 19 heteroatoms. The molecule has 0 aromatic carbocycles. The van der Waals surface area contributed by atoms with Gasteiger partial charge in [-0.05, 0) is 0 Å². The molecule has 0 saturated carbocycles. The van der Waals surface area contributed by atoms with Crippen LogP contribution in [0.5, 0.6) is 0 Å². The van der Waals surface area contributed by atoms with Gasteiger partial charge in [0.1, 0.15) is 0 Å². The van der Waals surface area contributed by atoms with Crippen LogP contribution in [0.15, 0.2) is 0 Å². The summed E-state index contributed by atoms with van der Waals surface area (Å²) in [5, 5.41) is 0. The van der Waals surface area contributed by atoms with E-state index in [0.717, 1.165) is 0 Å². The van der Waals surface area contributed by atoms with Crippen molar-refractivity contribution in [3.05, 3.63) is 0 Å². The molecule has 0 aromatic heterocycles. The molecular weight excluding hydrogens is 444 g/mol. The Bertz CT molecular complexity index is 631. The van der Waals surface area contributed by atoms with Gasteiger partial charge < -0.3 is 0 Å². The standard InChI is InChI=1S/3CF3O2S.Sc/c3*2-1(3,4)7(5)6;. The predicted molar refractivity (Wildman–Crippen MR) is 44.9 cm³/mol. The Morgan fingerprint density at radius 3 is 0.682 bits per heavy atom. The van der Waals surface area contributed by atoms with Crippen LogP contribution in [-0.4, -0.2) is 41.8 Å². The monoisotopic (exact) mass is 444 g/mol. The molecule has 0 rings (SSSR count). The predicted octanol–water partition coefficient (Wildman–Crippen LogP) is 1.15. The fraction of sp³-hybridized carbons (Fsp3) is 1.00. The van der Waals surface area contributed by atoms with Crippen LogP contribution in [-0.2, 0) is 37.1 Å². The first-order valence-electron chi connectivity index (χ1n) is 4.02. The van der Waals surface area contributed by atoms with Crippen LogP contribution in [0.1, 0.15) is 0 Å². The fourth-order valence-electron chi connectivity index (χ4n) is 0.828. The Labute approximate surface area is 118 Å². The minimum absolute atomic E-state index is 6.94. The fourth-order valence-corrected chi connectivity index (χ4v) is 30.7. The molecule has 0 fully saturated rings. The van der Waals surface area contributed by atoms with Crippen molar-refractivity contribution in [3.8, 4) is 0 Å². The summed E-state index contributed by atoms with van der Waals surface area (Å²) < 4.78 is 173. The molecule has 0 heterocycles. The first-order chi connectivity index (χ1) is 9.12. The summed E-state index contributed by atoms with van der Waals surface area (Å²) in [5.41, 5.74) is -20.8. The number of hydrogen-bond acceptors (Lipinski definition) is 6. The molecule has 0 aliphatic carbocycles. The Morgan fingerprint density at radius 2 is 0.591 bits per heavy atom. The number of alkyl halides is 9. The van der Waals surface area contributed by atoms with E-state index in [9.17, 15) is 64.8 Å². The van der Waals surface area contributed by atoms with Crippen LogP contribution in [0.25, 0.3) is 0 Å². The van der Waals surface area contributed by atoms with Gasteiger partial charge in [-0.2, -0.15) is 0 Å². The van der Waals surface area contributed by atoms with Gasteiger partial charge in [0, 0.05) is 0 Å². The average molecular weight is 444 g/mol. The number of hydrogen-bond donors (Lipinski definition) is 0. The summed E-state index contributed by atoms with van der Waals surface area (Å²) >= 11 is -8.34. The molecule has 0 spiro atoms. The van der Waals surface area contributed by atoms with Gasteiger partial charge >= 0.3 is 118 Å². The SMILES string of the molecule is O=[S](=O)([Sc]([S](=O)(=O)C(F)(F)F)[S](=O)(=O)C(F)(F)F)C(F)(F)F. The van der Waals surface area contributed by atoms with E-state index in [1.54, 1.807) is 0 Å². The van der Waals surface area contributed by atoms with Crippen LogP contribution in [0.4, 0.5) is 39.5 Å². The van der Waals surface area contributed by atoms with Crippen molar-refractivity contribution in [2.75, 3.05) is 0 Å². The van der Waals surface area contributed by atoms with E-state index in [4.69, 9.17) is 0 Å². The van der Waals surface area contributed by atoms with Gasteiger partial charge in [0.15, 0.2) is 0 Å². The van der Waals surface area contributed by atoms with Gasteiger partial charge in [-0.25, -0.2) is 0 Å². The van der Waals surface area contributed by atoms with Crippen LogP contribution in [0.2, 0.25) is 0 Å². The van der Waals surface area contributed by atoms with Crippen molar-refractivity contribution in [2.45, 2.75) is 16.5 Å². The molecule has 0 bridgehead atoms. The zero-order valence-corrected chi connectivity index (χ0v) is 13.4. The molecular formula is C3F9O6S3Sc. The number of rotatable bonds is 3. The third kappa shape index (κ3) is 3.60. The molecule has 0 unspecified atom stereocenters. The molecule has 22 heavy (non-hydrogen) atoms. The summed E-state index contributed by atoms with van der Waals surface area (Å²) in [6.45, 7) is -23.2. The average Bonchev–Trinajstić information content (AvgIpc) is 2.09. The van der Waals surface area contributed by atoms with E-state index in [0.29, 0.717) is 0 Å². The van der Waals surface area contributed by atoms with Crippen LogP contribution in [0, 0.1) is 0 Å². The summed E-state index contributed by atoms with van der Waals surface area (Å²) in [6.07, 6.45) is 0. The van der Waals surface area contributed by atoms with Crippen molar-refractivity contribution >= 4 is 20.0 Å². The molecule has 0 amide bonds. The van der Waals surface area contributed by atoms with Gasteiger partial charge in [0.05, 0.1) is 0 Å². The molecule has 0 radical (unpaired) electrons. The van der Waals surface area contributed by atoms with Gasteiger partial charge in [0.25, 0.3) is 0 Å². The van der Waals surface area contributed by atoms with Crippen molar-refractivity contribution in [2.24, 2.45) is 0 Å². The summed E-state index contributed by atoms with van der Waals surface area (Å²) in [5.74, 6) is 0. The third-order valence-corrected chi connectivity index (χ3v) is 34.9. The van der Waals surface area contributed by atoms with Gasteiger partial charge in [-0.3, -0.25) is 0 Å². The van der Waals surface area contributed by atoms with E-state index in [1.807, 2.05) is 0 Å². The summed E-state index contributed by atoms with van der Waals surface area (Å²) in [4.78, 5) is 0. The topological polar surface area (TPSA) is 102 Å². The maximum absolute atomic E-state index is 12.1. The van der Waals surface area contributed by atoms with Crippen molar-refractivity contribution < 1.29 is 81.9 Å². The van der Waals surface area contributed by atoms with E-state index < -0.39 is 53.6 Å². The maximum atomic E-state index is 12.1. The second-order valence-corrected chi connectivity index (χ2v) is 27.1. The molecule has 0 atom stereocenters. The molecule has 6 nitrogen and oxygen atoms in total. The van der Waals surface area contributed by atoms with Crippen LogP contribution < -0.4 is 0 Å². The Kier molecular flexibility index (Phi) is 5.59. The zero-order chi connectivity index (χ0) is 18.6. The number of halogens is 9. The molecule has 0 aromatic rings. The van der Waals surface area contributed by atoms with Crippen molar-refractivity contribution in [1.29, 1.82) is 0 Å². The Morgan fingerprint density at radius 1 is 0.455 bits per heavy atom. The van der Waals surface area contributed by atoms with E-state index in [-0.39, 0.29) is 0 Å². The Hall–Kier alpha value is 0.0901. The first-order valence-corrected chi connectivity index (χ1v) is 15.3. The van der Waals surface area contributed by atoms with E-state index in [1.165, 1.54) is 0 Å². The molecule has 132 valence electrons. The van der Waals surface area contributed by atoms with Crippen molar-refractivity contribution in [3.63, 3.8) is 0 Å². The summed E-state index contributed by atoms with van der Waals surface area (Å²) in [6, 6.07) is 0. The molecule has 0 aliphatic heterocycles. The molecule has 0 N–H and O–H groups in total. The zero-order valence-electron chi connectivity index (χ0n) is 9.15. The van der Waals surface area contributed by atoms with E-state index in [2.05, 4.69) is 0 Å². The third-order valence-electron chi connectivity index (χ3n) is 1.73. The van der Waals surface area contributed by atoms with Gasteiger partial charge in [-0.1, -0.05) is 0 Å². The van der Waals surface area contributed by atoms with Gasteiger partial charge in [-0.15, -0.1) is 0 Å². The normalized spacial score (nSPS) is 15.7. The van der Waals surface area contributed by atoms with Crippen LogP contribution >= 0.6 is 0 Å². The Balaban J connectivity index is 7.00. The second-order valence-electron chi connectivity index (χ2n) is 3.26. The molecule has 0 aliphatic rings.